The summed E-state index contributed by atoms with van der Waals surface area (Å²) in [6.07, 6.45) is 1.84. The first kappa shape index (κ1) is 25.8. The van der Waals surface area contributed by atoms with Crippen molar-refractivity contribution in [2.45, 2.75) is 35.8 Å². The molecule has 3 N–H and O–H groups in total. The van der Waals surface area contributed by atoms with Crippen molar-refractivity contribution in [2.75, 3.05) is 23.9 Å². The Hall–Kier alpha value is -1.77. The predicted molar refractivity (Wildman–Crippen MR) is 129 cm³/mol. The highest BCUT2D eigenvalue weighted by Gasteiger charge is 2.23. The summed E-state index contributed by atoms with van der Waals surface area (Å²) in [6.45, 7) is 1.24. The fourth-order valence-electron chi connectivity index (χ4n) is 3.10. The van der Waals surface area contributed by atoms with E-state index in [4.69, 9.17) is 21.5 Å². The van der Waals surface area contributed by atoms with Crippen molar-refractivity contribution >= 4 is 55.2 Å². The maximum atomic E-state index is 11.8. The van der Waals surface area contributed by atoms with Gasteiger partial charge in [-0.25, -0.2) is 17.9 Å². The van der Waals surface area contributed by atoms with Crippen LogP contribution in [0.3, 0.4) is 0 Å². The first-order valence-electron chi connectivity index (χ1n) is 9.78. The molecule has 0 saturated carbocycles. The molecule has 1 aliphatic heterocycles. The standard InChI is InChI=1S/C19H22BrClN4O6S2/c20-3-1-2-4-30-15-6-13(5-14(7-15)11-31-25(26)27)10-24-12-23-17-8-16(21)19(33(22,28)29)9-18(17)32-24/h5-9,23H,1-4,10-12H2,(H2,22,28,29). The number of rotatable bonds is 11. The SMILES string of the molecule is NS(=O)(=O)c1cc2c(cc1Cl)NCN(Cc1cc(CO[N+](=O)[O-])cc(OCCCCBr)c1)S2. The minimum absolute atomic E-state index is 0.0537. The molecular weight excluding hydrogens is 560 g/mol. The summed E-state index contributed by atoms with van der Waals surface area (Å²) < 4.78 is 31.4. The first-order chi connectivity index (χ1) is 15.7. The lowest BCUT2D eigenvalue weighted by Gasteiger charge is -2.29. The topological polar surface area (TPSA) is 137 Å². The Kier molecular flexibility index (Phi) is 9.07. The molecule has 0 bridgehead atoms. The lowest BCUT2D eigenvalue weighted by Crippen LogP contribution is -2.27. The number of alkyl halides is 1. The van der Waals surface area contributed by atoms with Crippen molar-refractivity contribution in [3.05, 3.63) is 56.6 Å². The Balaban J connectivity index is 1.77. The number of unbranched alkanes of at least 4 members (excludes halogenated alkanes) is 1. The number of ether oxygens (including phenoxy) is 1. The third kappa shape index (κ3) is 7.62. The van der Waals surface area contributed by atoms with Gasteiger partial charge in [0.2, 0.25) is 10.0 Å². The van der Waals surface area contributed by atoms with Crippen LogP contribution in [0.4, 0.5) is 5.69 Å². The largest absolute Gasteiger partial charge is 0.494 e. The van der Waals surface area contributed by atoms with Crippen LogP contribution in [0.2, 0.25) is 5.02 Å². The van der Waals surface area contributed by atoms with Gasteiger partial charge in [0, 0.05) is 16.8 Å². The molecule has 0 saturated heterocycles. The molecule has 0 spiro atoms. The predicted octanol–water partition coefficient (Wildman–Crippen LogP) is 4.14. The molecule has 33 heavy (non-hydrogen) atoms. The van der Waals surface area contributed by atoms with Crippen LogP contribution in [0.1, 0.15) is 24.0 Å². The smallest absolute Gasteiger partial charge is 0.294 e. The number of nitrogens with one attached hydrogen (secondary N) is 1. The molecule has 1 aliphatic rings. The van der Waals surface area contributed by atoms with Crippen LogP contribution in [-0.4, -0.2) is 36.4 Å². The summed E-state index contributed by atoms with van der Waals surface area (Å²) in [5.74, 6) is 0.600. The fourth-order valence-corrected chi connectivity index (χ4v) is 5.69. The zero-order valence-electron chi connectivity index (χ0n) is 17.3. The van der Waals surface area contributed by atoms with E-state index in [0.29, 0.717) is 41.7 Å². The molecule has 0 aromatic heterocycles. The summed E-state index contributed by atoms with van der Waals surface area (Å²) in [5.41, 5.74) is 2.17. The number of anilines is 1. The molecule has 14 heteroatoms. The average Bonchev–Trinajstić information content (AvgIpc) is 2.74. The number of hydrogen-bond donors (Lipinski definition) is 2. The minimum atomic E-state index is -3.96. The molecule has 0 amide bonds. The van der Waals surface area contributed by atoms with E-state index in [2.05, 4.69) is 26.1 Å². The fraction of sp³-hybridized carbons (Fsp3) is 0.368. The summed E-state index contributed by atoms with van der Waals surface area (Å²) in [5, 5.41) is 19.2. The third-order valence-electron chi connectivity index (χ3n) is 4.53. The molecule has 10 nitrogen and oxygen atoms in total. The number of nitrogens with two attached hydrogens (primary N) is 1. The second-order valence-corrected chi connectivity index (χ2v) is 11.0. The van der Waals surface area contributed by atoms with E-state index >= 15 is 0 Å². The Morgan fingerprint density at radius 2 is 2.00 bits per heavy atom. The highest BCUT2D eigenvalue weighted by atomic mass is 79.9. The van der Waals surface area contributed by atoms with E-state index in [1.165, 1.54) is 24.1 Å². The lowest BCUT2D eigenvalue weighted by molar-refractivity contribution is -0.763. The molecule has 0 fully saturated rings. The Morgan fingerprint density at radius 3 is 2.70 bits per heavy atom. The first-order valence-corrected chi connectivity index (χ1v) is 13.6. The van der Waals surface area contributed by atoms with Crippen molar-refractivity contribution in [3.63, 3.8) is 0 Å². The normalized spacial score (nSPS) is 13.8. The summed E-state index contributed by atoms with van der Waals surface area (Å²) in [7, 11) is -3.96. The van der Waals surface area contributed by atoms with Crippen LogP contribution >= 0.6 is 39.5 Å². The minimum Gasteiger partial charge on any atom is -0.494 e. The van der Waals surface area contributed by atoms with E-state index in [9.17, 15) is 18.5 Å². The molecule has 0 atom stereocenters. The van der Waals surface area contributed by atoms with Crippen molar-refractivity contribution < 1.29 is 23.1 Å². The maximum Gasteiger partial charge on any atom is 0.294 e. The molecule has 0 radical (unpaired) electrons. The van der Waals surface area contributed by atoms with Crippen LogP contribution in [0.5, 0.6) is 5.75 Å². The van der Waals surface area contributed by atoms with Gasteiger partial charge in [0.1, 0.15) is 17.3 Å². The van der Waals surface area contributed by atoms with E-state index in [1.807, 2.05) is 16.4 Å². The number of fused-ring (bicyclic) bond motifs is 1. The van der Waals surface area contributed by atoms with Gasteiger partial charge < -0.3 is 14.9 Å². The van der Waals surface area contributed by atoms with Gasteiger partial charge in [0.25, 0.3) is 5.09 Å². The molecule has 3 rings (SSSR count). The number of sulfonamides is 1. The maximum absolute atomic E-state index is 11.8. The molecule has 180 valence electrons. The number of halogens is 2. The van der Waals surface area contributed by atoms with Gasteiger partial charge in [-0.1, -0.05) is 33.6 Å². The summed E-state index contributed by atoms with van der Waals surface area (Å²) >= 11 is 10.8. The van der Waals surface area contributed by atoms with Gasteiger partial charge in [-0.15, -0.1) is 10.1 Å². The van der Waals surface area contributed by atoms with Crippen LogP contribution in [0.15, 0.2) is 40.1 Å². The lowest BCUT2D eigenvalue weighted by atomic mass is 10.1. The van der Waals surface area contributed by atoms with Crippen LogP contribution in [-0.2, 0) is 28.0 Å². The number of benzene rings is 2. The summed E-state index contributed by atoms with van der Waals surface area (Å²) in [6, 6.07) is 8.38. The molecule has 0 aliphatic carbocycles. The summed E-state index contributed by atoms with van der Waals surface area (Å²) in [4.78, 5) is 15.6. The second kappa shape index (κ2) is 11.6. The van der Waals surface area contributed by atoms with Crippen molar-refractivity contribution in [2.24, 2.45) is 5.14 Å². The van der Waals surface area contributed by atoms with Gasteiger partial charge >= 0.3 is 0 Å². The monoisotopic (exact) mass is 580 g/mol. The van der Waals surface area contributed by atoms with Crippen LogP contribution < -0.4 is 15.2 Å². The Bertz CT molecular complexity index is 1120. The zero-order valence-corrected chi connectivity index (χ0v) is 21.3. The van der Waals surface area contributed by atoms with Gasteiger partial charge in [0.05, 0.1) is 24.0 Å². The van der Waals surface area contributed by atoms with Gasteiger partial charge in [0.15, 0.2) is 0 Å². The Morgan fingerprint density at radius 1 is 1.24 bits per heavy atom. The number of primary sulfonamides is 1. The second-order valence-electron chi connectivity index (χ2n) is 7.12. The number of hydrogen-bond acceptors (Lipinski definition) is 9. The highest BCUT2D eigenvalue weighted by molar-refractivity contribution is 9.09. The van der Waals surface area contributed by atoms with E-state index in [1.54, 1.807) is 6.07 Å². The molecular formula is C19H22BrClN4O6S2. The highest BCUT2D eigenvalue weighted by Crippen LogP contribution is 2.39. The van der Waals surface area contributed by atoms with Crippen LogP contribution in [0, 0.1) is 10.1 Å². The quantitative estimate of drug-likeness (QED) is 0.132. The zero-order chi connectivity index (χ0) is 24.0. The molecule has 1 heterocycles. The molecule has 0 unspecified atom stereocenters. The van der Waals surface area contributed by atoms with Gasteiger partial charge in [-0.3, -0.25) is 0 Å². The molecule has 2 aromatic rings. The third-order valence-corrected chi connectivity index (χ3v) is 7.52. The van der Waals surface area contributed by atoms with E-state index < -0.39 is 15.1 Å². The van der Waals surface area contributed by atoms with Crippen molar-refractivity contribution in [1.29, 1.82) is 0 Å². The van der Waals surface area contributed by atoms with E-state index in [0.717, 1.165) is 23.7 Å². The van der Waals surface area contributed by atoms with Crippen molar-refractivity contribution in [1.82, 2.24) is 4.31 Å². The van der Waals surface area contributed by atoms with Crippen LogP contribution in [0.25, 0.3) is 0 Å². The number of nitrogens with zero attached hydrogens (tertiary/aromatic N) is 2. The van der Waals surface area contributed by atoms with Gasteiger partial charge in [-0.05, 0) is 60.2 Å². The van der Waals surface area contributed by atoms with Crippen molar-refractivity contribution in [3.8, 4) is 5.75 Å². The average molecular weight is 582 g/mol. The molecule has 2 aromatic carbocycles. The van der Waals surface area contributed by atoms with E-state index in [-0.39, 0.29) is 16.5 Å². The van der Waals surface area contributed by atoms with Gasteiger partial charge in [-0.2, -0.15) is 0 Å². The Labute approximate surface area is 209 Å².